The number of fused-ring (bicyclic) bond motifs is 3. The molecule has 0 spiro atoms. The molecule has 0 atom stereocenters. The van der Waals surface area contributed by atoms with Gasteiger partial charge < -0.3 is 14.1 Å². The summed E-state index contributed by atoms with van der Waals surface area (Å²) < 4.78 is 13.3. The minimum atomic E-state index is -0.316. The third kappa shape index (κ3) is 3.84. The highest BCUT2D eigenvalue weighted by atomic mass is 35.5. The van der Waals surface area contributed by atoms with Crippen molar-refractivity contribution < 1.29 is 9.15 Å². The van der Waals surface area contributed by atoms with Crippen LogP contribution in [0.5, 0.6) is 0 Å². The van der Waals surface area contributed by atoms with E-state index in [9.17, 15) is 4.79 Å². The molecule has 0 aliphatic carbocycles. The molecule has 1 aliphatic rings. The molecular weight excluding hydrogens is 430 g/mol. The normalized spacial score (nSPS) is 14.5. The van der Waals surface area contributed by atoms with Gasteiger partial charge in [-0.3, -0.25) is 4.57 Å². The van der Waals surface area contributed by atoms with Crippen LogP contribution in [0.25, 0.3) is 33.3 Å². The molecule has 5 rings (SSSR count). The van der Waals surface area contributed by atoms with E-state index < -0.39 is 0 Å². The first-order chi connectivity index (χ1) is 15.7. The van der Waals surface area contributed by atoms with Crippen molar-refractivity contribution in [3.05, 3.63) is 46.1 Å². The van der Waals surface area contributed by atoms with Crippen LogP contribution in [0.2, 0.25) is 5.02 Å². The van der Waals surface area contributed by atoms with E-state index in [1.165, 1.54) is 0 Å². The van der Waals surface area contributed by atoms with Crippen molar-refractivity contribution >= 4 is 39.6 Å². The van der Waals surface area contributed by atoms with Crippen LogP contribution in [0, 0.1) is 0 Å². The van der Waals surface area contributed by atoms with Gasteiger partial charge in [-0.15, -0.1) is 0 Å². The highest BCUT2D eigenvalue weighted by molar-refractivity contribution is 6.31. The summed E-state index contributed by atoms with van der Waals surface area (Å²) in [7, 11) is 0. The minimum Gasteiger partial charge on any atom is -0.452 e. The summed E-state index contributed by atoms with van der Waals surface area (Å²) in [6.45, 7) is 5.52. The fraction of sp³-hybridized carbons (Fsp3) is 0.391. The smallest absolute Gasteiger partial charge is 0.348 e. The van der Waals surface area contributed by atoms with E-state index in [1.54, 1.807) is 23.0 Å². The topological polar surface area (TPSA) is 86.3 Å². The average Bonchev–Trinajstić information content (AvgIpc) is 3.19. The van der Waals surface area contributed by atoms with Crippen LogP contribution >= 0.6 is 11.6 Å². The van der Waals surface area contributed by atoms with E-state index >= 15 is 0 Å². The van der Waals surface area contributed by atoms with Crippen molar-refractivity contribution in [1.29, 1.82) is 0 Å². The van der Waals surface area contributed by atoms with Gasteiger partial charge in [0, 0.05) is 48.0 Å². The Morgan fingerprint density at radius 1 is 1.12 bits per heavy atom. The highest BCUT2D eigenvalue weighted by Gasteiger charge is 2.21. The monoisotopic (exact) mass is 453 g/mol. The summed E-state index contributed by atoms with van der Waals surface area (Å²) in [6, 6.07) is 5.43. The summed E-state index contributed by atoms with van der Waals surface area (Å²) >= 11 is 6.26. The summed E-state index contributed by atoms with van der Waals surface area (Å²) in [5.74, 6) is 0.637. The molecule has 0 amide bonds. The zero-order chi connectivity index (χ0) is 22.1. The van der Waals surface area contributed by atoms with Gasteiger partial charge in [-0.1, -0.05) is 31.4 Å². The molecule has 4 aromatic rings. The van der Waals surface area contributed by atoms with Crippen molar-refractivity contribution in [2.45, 2.75) is 32.7 Å². The number of halogens is 1. The van der Waals surface area contributed by atoms with Gasteiger partial charge in [0.15, 0.2) is 5.58 Å². The Morgan fingerprint density at radius 3 is 2.66 bits per heavy atom. The highest BCUT2D eigenvalue weighted by Crippen LogP contribution is 2.34. The Balaban J connectivity index is 1.64. The number of furan rings is 1. The number of hydrogen-bond acceptors (Lipinski definition) is 7. The molecule has 0 radical (unpaired) electrons. The molecule has 1 aromatic carbocycles. The van der Waals surface area contributed by atoms with Crippen LogP contribution in [0.4, 0.5) is 5.95 Å². The van der Waals surface area contributed by atoms with Gasteiger partial charge in [-0.05, 0) is 24.6 Å². The quantitative estimate of drug-likeness (QED) is 0.403. The summed E-state index contributed by atoms with van der Waals surface area (Å²) in [5, 5.41) is 1.39. The van der Waals surface area contributed by atoms with Gasteiger partial charge in [0.25, 0.3) is 0 Å². The van der Waals surface area contributed by atoms with E-state index in [0.717, 1.165) is 37.7 Å². The van der Waals surface area contributed by atoms with E-state index in [0.29, 0.717) is 58.7 Å². The molecule has 0 bridgehead atoms. The van der Waals surface area contributed by atoms with Crippen LogP contribution in [-0.4, -0.2) is 45.8 Å². The maximum atomic E-state index is 13.1. The number of aryl methyl sites for hydroxylation is 1. The molecule has 8 nitrogen and oxygen atoms in total. The van der Waals surface area contributed by atoms with Crippen LogP contribution in [0.3, 0.4) is 0 Å². The first-order valence-corrected chi connectivity index (χ1v) is 11.3. The number of ether oxygens (including phenoxy) is 1. The SMILES string of the molecule is CCCCCn1c(=O)nc(-c2cnc(N3CCOCC3)nc2)c2oc3ccc(Cl)cc3c21. The first-order valence-electron chi connectivity index (χ1n) is 10.9. The Kier molecular flexibility index (Phi) is 5.80. The standard InChI is InChI=1S/C23H24ClN5O3/c1-2-3-4-7-29-20-17-12-16(24)5-6-18(17)32-21(20)19(27-23(29)30)15-13-25-22(26-14-15)28-8-10-31-11-9-28/h5-6,12-14H,2-4,7-11H2,1H3. The zero-order valence-corrected chi connectivity index (χ0v) is 18.6. The molecule has 32 heavy (non-hydrogen) atoms. The van der Waals surface area contributed by atoms with Crippen LogP contribution in [0.15, 0.2) is 39.8 Å². The van der Waals surface area contributed by atoms with Crippen LogP contribution in [0.1, 0.15) is 26.2 Å². The fourth-order valence-electron chi connectivity index (χ4n) is 4.08. The second-order valence-electron chi connectivity index (χ2n) is 7.89. The molecule has 0 unspecified atom stereocenters. The molecule has 166 valence electrons. The number of hydrogen-bond donors (Lipinski definition) is 0. The zero-order valence-electron chi connectivity index (χ0n) is 17.9. The number of nitrogens with zero attached hydrogens (tertiary/aromatic N) is 5. The van der Waals surface area contributed by atoms with Crippen molar-refractivity contribution in [3.8, 4) is 11.3 Å². The van der Waals surface area contributed by atoms with Gasteiger partial charge in [-0.25, -0.2) is 14.8 Å². The molecule has 1 saturated heterocycles. The Hall–Kier alpha value is -2.97. The van der Waals surface area contributed by atoms with E-state index in [2.05, 4.69) is 26.8 Å². The third-order valence-corrected chi connectivity index (χ3v) is 5.97. The van der Waals surface area contributed by atoms with Gasteiger partial charge in [-0.2, -0.15) is 4.98 Å². The molecule has 0 N–H and O–H groups in total. The lowest BCUT2D eigenvalue weighted by Crippen LogP contribution is -2.37. The second-order valence-corrected chi connectivity index (χ2v) is 8.33. The maximum Gasteiger partial charge on any atom is 0.348 e. The molecule has 4 heterocycles. The molecule has 3 aromatic heterocycles. The Bertz CT molecular complexity index is 1310. The molecule has 0 saturated carbocycles. The second kappa shape index (κ2) is 8.88. The van der Waals surface area contributed by atoms with E-state index in [-0.39, 0.29) is 5.69 Å². The van der Waals surface area contributed by atoms with Crippen molar-refractivity contribution in [3.63, 3.8) is 0 Å². The largest absolute Gasteiger partial charge is 0.452 e. The maximum absolute atomic E-state index is 13.1. The number of unbranched alkanes of at least 4 members (excludes halogenated alkanes) is 2. The van der Waals surface area contributed by atoms with Gasteiger partial charge >= 0.3 is 5.69 Å². The van der Waals surface area contributed by atoms with E-state index in [4.69, 9.17) is 20.8 Å². The first kappa shape index (κ1) is 20.9. The lowest BCUT2D eigenvalue weighted by Gasteiger charge is -2.26. The predicted octanol–water partition coefficient (Wildman–Crippen LogP) is 4.28. The fourth-order valence-corrected chi connectivity index (χ4v) is 4.25. The number of aromatic nitrogens is 4. The third-order valence-electron chi connectivity index (χ3n) is 5.74. The Labute approximate surface area is 189 Å². The summed E-state index contributed by atoms with van der Waals surface area (Å²) in [5.41, 5.74) is 2.68. The van der Waals surface area contributed by atoms with Gasteiger partial charge in [0.05, 0.1) is 13.2 Å². The molecule has 9 heteroatoms. The lowest BCUT2D eigenvalue weighted by molar-refractivity contribution is 0.122. The summed E-state index contributed by atoms with van der Waals surface area (Å²) in [4.78, 5) is 28.6. The van der Waals surface area contributed by atoms with E-state index in [1.807, 2.05) is 12.1 Å². The average molecular weight is 454 g/mol. The van der Waals surface area contributed by atoms with Crippen molar-refractivity contribution in [1.82, 2.24) is 19.5 Å². The minimum absolute atomic E-state index is 0.316. The summed E-state index contributed by atoms with van der Waals surface area (Å²) in [6.07, 6.45) is 6.37. The van der Waals surface area contributed by atoms with Crippen LogP contribution < -0.4 is 10.6 Å². The lowest BCUT2D eigenvalue weighted by atomic mass is 10.1. The number of rotatable bonds is 6. The molecule has 1 fully saturated rings. The predicted molar refractivity (Wildman–Crippen MR) is 124 cm³/mol. The number of morpholine rings is 1. The Morgan fingerprint density at radius 2 is 1.91 bits per heavy atom. The number of benzene rings is 1. The van der Waals surface area contributed by atoms with Crippen LogP contribution in [-0.2, 0) is 11.3 Å². The van der Waals surface area contributed by atoms with Crippen molar-refractivity contribution in [2.24, 2.45) is 0 Å². The molecule has 1 aliphatic heterocycles. The number of anilines is 1. The van der Waals surface area contributed by atoms with Crippen molar-refractivity contribution in [2.75, 3.05) is 31.2 Å². The molecular formula is C23H24ClN5O3. The van der Waals surface area contributed by atoms with Gasteiger partial charge in [0.1, 0.15) is 16.8 Å². The van der Waals surface area contributed by atoms with Gasteiger partial charge in [0.2, 0.25) is 5.95 Å².